The summed E-state index contributed by atoms with van der Waals surface area (Å²) in [6.07, 6.45) is 3.72. The summed E-state index contributed by atoms with van der Waals surface area (Å²) in [7, 11) is 0. The van der Waals surface area contributed by atoms with Crippen LogP contribution in [0.1, 0.15) is 46.1 Å². The Kier molecular flexibility index (Phi) is 7.70. The summed E-state index contributed by atoms with van der Waals surface area (Å²) in [6, 6.07) is 9.31. The first kappa shape index (κ1) is 16.7. The van der Waals surface area contributed by atoms with Crippen molar-refractivity contribution in [2.45, 2.75) is 53.0 Å². The molecule has 0 aliphatic heterocycles. The minimum atomic E-state index is 0.569. The molecule has 19 heavy (non-hydrogen) atoms. The van der Waals surface area contributed by atoms with Gasteiger partial charge in [0.05, 0.1) is 0 Å². The zero-order chi connectivity index (χ0) is 14.3. The fourth-order valence-corrected chi connectivity index (χ4v) is 3.16. The van der Waals surface area contributed by atoms with Gasteiger partial charge in [-0.2, -0.15) is 0 Å². The lowest BCUT2D eigenvalue weighted by molar-refractivity contribution is 0.291. The van der Waals surface area contributed by atoms with Gasteiger partial charge >= 0.3 is 0 Å². The summed E-state index contributed by atoms with van der Waals surface area (Å²) in [4.78, 5) is 0. The van der Waals surface area contributed by atoms with Gasteiger partial charge in [0.25, 0.3) is 0 Å². The van der Waals surface area contributed by atoms with Crippen LogP contribution in [0.5, 0.6) is 0 Å². The Labute approximate surface area is 127 Å². The van der Waals surface area contributed by atoms with Crippen LogP contribution in [0.4, 0.5) is 0 Å². The van der Waals surface area contributed by atoms with Crippen LogP contribution in [-0.4, -0.2) is 12.6 Å². The van der Waals surface area contributed by atoms with Crippen LogP contribution < -0.4 is 5.32 Å². The third-order valence-electron chi connectivity index (χ3n) is 3.89. The molecular formula is C17H28BrN. The van der Waals surface area contributed by atoms with E-state index in [4.69, 9.17) is 0 Å². The van der Waals surface area contributed by atoms with Crippen LogP contribution in [0.2, 0.25) is 0 Å². The minimum absolute atomic E-state index is 0.569. The van der Waals surface area contributed by atoms with Crippen LogP contribution in [0.3, 0.4) is 0 Å². The molecule has 1 nitrogen and oxygen atoms in total. The van der Waals surface area contributed by atoms with E-state index in [-0.39, 0.29) is 0 Å². The number of halogens is 1. The van der Waals surface area contributed by atoms with E-state index in [1.165, 1.54) is 29.3 Å². The van der Waals surface area contributed by atoms with E-state index in [1.54, 1.807) is 0 Å². The first-order chi connectivity index (χ1) is 9.06. The van der Waals surface area contributed by atoms with Crippen molar-refractivity contribution in [2.24, 2.45) is 11.8 Å². The summed E-state index contributed by atoms with van der Waals surface area (Å²) in [5.41, 5.74) is 1.44. The van der Waals surface area contributed by atoms with Gasteiger partial charge in [-0.05, 0) is 42.5 Å². The average Bonchev–Trinajstić information content (AvgIpc) is 2.37. The van der Waals surface area contributed by atoms with E-state index in [2.05, 4.69) is 73.2 Å². The van der Waals surface area contributed by atoms with Gasteiger partial charge in [-0.1, -0.05) is 68.6 Å². The molecule has 0 saturated carbocycles. The van der Waals surface area contributed by atoms with Crippen LogP contribution in [-0.2, 0) is 6.42 Å². The Bertz CT molecular complexity index is 358. The number of rotatable bonds is 8. The maximum absolute atomic E-state index is 3.62. The highest BCUT2D eigenvalue weighted by atomic mass is 79.9. The molecule has 1 aromatic carbocycles. The zero-order valence-electron chi connectivity index (χ0n) is 12.7. The van der Waals surface area contributed by atoms with E-state index in [0.29, 0.717) is 6.04 Å². The van der Waals surface area contributed by atoms with E-state index in [1.807, 2.05) is 0 Å². The largest absolute Gasteiger partial charge is 0.314 e. The Hall–Kier alpha value is -0.340. The molecule has 2 heteroatoms. The van der Waals surface area contributed by atoms with E-state index >= 15 is 0 Å². The SMILES string of the molecule is CCC(CC)C(CNC(C)C)Cc1cccc(Br)c1. The third-order valence-corrected chi connectivity index (χ3v) is 4.38. The maximum Gasteiger partial charge on any atom is 0.0177 e. The molecule has 0 radical (unpaired) electrons. The maximum atomic E-state index is 3.62. The standard InChI is InChI=1S/C17H28BrN/c1-5-15(6-2)16(12-19-13(3)4)10-14-8-7-9-17(18)11-14/h7-9,11,13,15-16,19H,5-6,10,12H2,1-4H3. The van der Waals surface area contributed by atoms with Crippen molar-refractivity contribution < 1.29 is 0 Å². The highest BCUT2D eigenvalue weighted by Gasteiger charge is 2.19. The second-order valence-electron chi connectivity index (χ2n) is 5.73. The molecular weight excluding hydrogens is 298 g/mol. The molecule has 0 saturated heterocycles. The van der Waals surface area contributed by atoms with Gasteiger partial charge in [0.1, 0.15) is 0 Å². The molecule has 0 spiro atoms. The molecule has 0 bridgehead atoms. The van der Waals surface area contributed by atoms with E-state index in [9.17, 15) is 0 Å². The molecule has 1 unspecified atom stereocenters. The smallest absolute Gasteiger partial charge is 0.0177 e. The quantitative estimate of drug-likeness (QED) is 0.705. The first-order valence-electron chi connectivity index (χ1n) is 7.54. The molecule has 0 heterocycles. The second kappa shape index (κ2) is 8.76. The van der Waals surface area contributed by atoms with Gasteiger partial charge in [-0.3, -0.25) is 0 Å². The Balaban J connectivity index is 2.72. The van der Waals surface area contributed by atoms with Crippen molar-refractivity contribution >= 4 is 15.9 Å². The Morgan fingerprint density at radius 3 is 2.32 bits per heavy atom. The first-order valence-corrected chi connectivity index (χ1v) is 8.33. The summed E-state index contributed by atoms with van der Waals surface area (Å²) in [5.74, 6) is 1.54. The van der Waals surface area contributed by atoms with Crippen molar-refractivity contribution in [1.82, 2.24) is 5.32 Å². The molecule has 0 amide bonds. The molecule has 1 rings (SSSR count). The number of hydrogen-bond donors (Lipinski definition) is 1. The van der Waals surface area contributed by atoms with Gasteiger partial charge in [0, 0.05) is 10.5 Å². The second-order valence-corrected chi connectivity index (χ2v) is 6.65. The van der Waals surface area contributed by atoms with Gasteiger partial charge in [0.15, 0.2) is 0 Å². The molecule has 1 atom stereocenters. The van der Waals surface area contributed by atoms with Crippen LogP contribution >= 0.6 is 15.9 Å². The Morgan fingerprint density at radius 2 is 1.79 bits per heavy atom. The number of nitrogens with one attached hydrogen (secondary N) is 1. The van der Waals surface area contributed by atoms with Gasteiger partial charge < -0.3 is 5.32 Å². The zero-order valence-corrected chi connectivity index (χ0v) is 14.3. The molecule has 1 N–H and O–H groups in total. The summed E-state index contributed by atoms with van der Waals surface area (Å²) in [6.45, 7) is 10.2. The van der Waals surface area contributed by atoms with Gasteiger partial charge in [-0.15, -0.1) is 0 Å². The molecule has 0 aliphatic carbocycles. The highest BCUT2D eigenvalue weighted by molar-refractivity contribution is 9.10. The van der Waals surface area contributed by atoms with Crippen molar-refractivity contribution in [1.29, 1.82) is 0 Å². The lowest BCUT2D eigenvalue weighted by Gasteiger charge is -2.27. The average molecular weight is 326 g/mol. The molecule has 0 aliphatic rings. The van der Waals surface area contributed by atoms with Crippen LogP contribution in [0, 0.1) is 11.8 Å². The number of benzene rings is 1. The van der Waals surface area contributed by atoms with Crippen LogP contribution in [0.25, 0.3) is 0 Å². The summed E-state index contributed by atoms with van der Waals surface area (Å²) < 4.78 is 1.19. The highest BCUT2D eigenvalue weighted by Crippen LogP contribution is 2.24. The van der Waals surface area contributed by atoms with E-state index in [0.717, 1.165) is 18.4 Å². The van der Waals surface area contributed by atoms with Crippen molar-refractivity contribution in [3.05, 3.63) is 34.3 Å². The van der Waals surface area contributed by atoms with Gasteiger partial charge in [0.2, 0.25) is 0 Å². The molecule has 0 fully saturated rings. The summed E-state index contributed by atoms with van der Waals surface area (Å²) >= 11 is 3.57. The monoisotopic (exact) mass is 325 g/mol. The fourth-order valence-electron chi connectivity index (χ4n) is 2.71. The molecule has 1 aromatic rings. The van der Waals surface area contributed by atoms with Crippen molar-refractivity contribution in [2.75, 3.05) is 6.54 Å². The summed E-state index contributed by atoms with van der Waals surface area (Å²) in [5, 5.41) is 3.62. The topological polar surface area (TPSA) is 12.0 Å². The van der Waals surface area contributed by atoms with Crippen molar-refractivity contribution in [3.8, 4) is 0 Å². The number of hydrogen-bond acceptors (Lipinski definition) is 1. The minimum Gasteiger partial charge on any atom is -0.314 e. The predicted molar refractivity (Wildman–Crippen MR) is 88.5 cm³/mol. The lowest BCUT2D eigenvalue weighted by Crippen LogP contribution is -2.33. The molecule has 0 aromatic heterocycles. The molecule has 108 valence electrons. The lowest BCUT2D eigenvalue weighted by atomic mass is 9.83. The normalized spacial score (nSPS) is 13.2. The Morgan fingerprint density at radius 1 is 1.11 bits per heavy atom. The van der Waals surface area contributed by atoms with Gasteiger partial charge in [-0.25, -0.2) is 0 Å². The van der Waals surface area contributed by atoms with Crippen molar-refractivity contribution in [3.63, 3.8) is 0 Å². The van der Waals surface area contributed by atoms with E-state index < -0.39 is 0 Å². The van der Waals surface area contributed by atoms with Crippen LogP contribution in [0.15, 0.2) is 28.7 Å². The third kappa shape index (κ3) is 6.09. The predicted octanol–water partition coefficient (Wildman–Crippen LogP) is 5.04. The fraction of sp³-hybridized carbons (Fsp3) is 0.647.